The number of carbonyl (C=O) groups is 1. The zero-order chi connectivity index (χ0) is 14.1. The molecule has 0 fully saturated rings. The zero-order valence-corrected chi connectivity index (χ0v) is 11.4. The molecule has 0 saturated heterocycles. The first-order valence-electron chi connectivity index (χ1n) is 6.37. The van der Waals surface area contributed by atoms with Crippen molar-refractivity contribution in [1.82, 2.24) is 5.32 Å². The number of aliphatic hydroxyl groups excluding tert-OH is 1. The Labute approximate surface area is 114 Å². The first kappa shape index (κ1) is 15.2. The van der Waals surface area contributed by atoms with Crippen LogP contribution < -0.4 is 10.1 Å². The summed E-state index contributed by atoms with van der Waals surface area (Å²) in [5, 5.41) is 11.6. The molecule has 1 unspecified atom stereocenters. The van der Waals surface area contributed by atoms with Crippen LogP contribution in [0, 0.1) is 5.92 Å². The largest absolute Gasteiger partial charge is 0.496 e. The van der Waals surface area contributed by atoms with E-state index in [4.69, 9.17) is 9.84 Å². The second-order valence-corrected chi connectivity index (χ2v) is 4.44. The van der Waals surface area contributed by atoms with Gasteiger partial charge in [0, 0.05) is 24.8 Å². The molecular weight excluding hydrogens is 242 g/mol. The Morgan fingerprint density at radius 1 is 1.47 bits per heavy atom. The van der Waals surface area contributed by atoms with Gasteiger partial charge in [0.2, 0.25) is 5.91 Å². The number of rotatable bonds is 7. The van der Waals surface area contributed by atoms with E-state index in [9.17, 15) is 4.79 Å². The highest BCUT2D eigenvalue weighted by Crippen LogP contribution is 2.18. The highest BCUT2D eigenvalue weighted by Gasteiger charge is 2.03. The summed E-state index contributed by atoms with van der Waals surface area (Å²) in [6.07, 6.45) is 3.91. The number of benzene rings is 1. The van der Waals surface area contributed by atoms with Gasteiger partial charge in [0.25, 0.3) is 0 Å². The summed E-state index contributed by atoms with van der Waals surface area (Å²) in [7, 11) is 1.60. The Morgan fingerprint density at radius 3 is 2.89 bits per heavy atom. The second-order valence-electron chi connectivity index (χ2n) is 4.44. The lowest BCUT2D eigenvalue weighted by Crippen LogP contribution is -2.26. The number of methoxy groups -OCH3 is 1. The molecule has 4 heteroatoms. The summed E-state index contributed by atoms with van der Waals surface area (Å²) in [5.74, 6) is 0.865. The van der Waals surface area contributed by atoms with Crippen molar-refractivity contribution < 1.29 is 14.6 Å². The lowest BCUT2D eigenvalue weighted by Gasteiger charge is -2.09. The van der Waals surface area contributed by atoms with E-state index in [-0.39, 0.29) is 18.4 Å². The molecule has 0 aliphatic carbocycles. The second kappa shape index (κ2) is 8.32. The predicted octanol–water partition coefficient (Wildman–Crippen LogP) is 1.84. The molecule has 1 aromatic rings. The molecule has 1 atom stereocenters. The Bertz CT molecular complexity index is 429. The van der Waals surface area contributed by atoms with Crippen molar-refractivity contribution in [2.75, 3.05) is 20.3 Å². The van der Waals surface area contributed by atoms with E-state index in [2.05, 4.69) is 5.32 Å². The predicted molar refractivity (Wildman–Crippen MR) is 75.9 cm³/mol. The first-order chi connectivity index (χ1) is 9.17. The highest BCUT2D eigenvalue weighted by molar-refractivity contribution is 5.92. The number of nitrogens with one attached hydrogen (secondary N) is 1. The maximum Gasteiger partial charge on any atom is 0.244 e. The third-order valence-corrected chi connectivity index (χ3v) is 2.80. The number of amides is 1. The van der Waals surface area contributed by atoms with E-state index in [1.54, 1.807) is 13.2 Å². The van der Waals surface area contributed by atoms with Crippen molar-refractivity contribution in [2.45, 2.75) is 13.3 Å². The van der Waals surface area contributed by atoms with Crippen LogP contribution >= 0.6 is 0 Å². The summed E-state index contributed by atoms with van der Waals surface area (Å²) in [6, 6.07) is 7.51. The standard InChI is InChI=1S/C15H21NO3/c1-12(9-10-17)11-16-15(18)8-7-13-5-3-4-6-14(13)19-2/h3-8,12,17H,9-11H2,1-2H3,(H,16,18). The van der Waals surface area contributed by atoms with Gasteiger partial charge in [-0.25, -0.2) is 0 Å². The minimum atomic E-state index is -0.143. The molecule has 2 N–H and O–H groups in total. The molecular formula is C15H21NO3. The highest BCUT2D eigenvalue weighted by atomic mass is 16.5. The van der Waals surface area contributed by atoms with Crippen LogP contribution in [-0.4, -0.2) is 31.3 Å². The smallest absolute Gasteiger partial charge is 0.244 e. The van der Waals surface area contributed by atoms with E-state index in [0.717, 1.165) is 11.3 Å². The van der Waals surface area contributed by atoms with Gasteiger partial charge in [-0.05, 0) is 24.5 Å². The van der Waals surface area contributed by atoms with Gasteiger partial charge in [0.15, 0.2) is 0 Å². The molecule has 0 radical (unpaired) electrons. The topological polar surface area (TPSA) is 58.6 Å². The summed E-state index contributed by atoms with van der Waals surface area (Å²) in [6.45, 7) is 2.70. The first-order valence-corrected chi connectivity index (χ1v) is 6.37. The number of hydrogen-bond donors (Lipinski definition) is 2. The van der Waals surface area contributed by atoms with Crippen LogP contribution in [0.5, 0.6) is 5.75 Å². The maximum absolute atomic E-state index is 11.6. The third kappa shape index (κ3) is 5.57. The van der Waals surface area contributed by atoms with Crippen molar-refractivity contribution >= 4 is 12.0 Å². The molecule has 1 amide bonds. The number of para-hydroxylation sites is 1. The van der Waals surface area contributed by atoms with Crippen LogP contribution in [0.4, 0.5) is 0 Å². The summed E-state index contributed by atoms with van der Waals surface area (Å²) >= 11 is 0. The molecule has 0 saturated carbocycles. The fourth-order valence-corrected chi connectivity index (χ4v) is 1.63. The van der Waals surface area contributed by atoms with E-state index in [1.807, 2.05) is 31.2 Å². The fraction of sp³-hybridized carbons (Fsp3) is 0.400. The van der Waals surface area contributed by atoms with Crippen molar-refractivity contribution in [3.05, 3.63) is 35.9 Å². The zero-order valence-electron chi connectivity index (χ0n) is 11.4. The quantitative estimate of drug-likeness (QED) is 0.738. The summed E-state index contributed by atoms with van der Waals surface area (Å²) in [5.41, 5.74) is 0.864. The van der Waals surface area contributed by atoms with Gasteiger partial charge < -0.3 is 15.2 Å². The molecule has 0 spiro atoms. The number of hydrogen-bond acceptors (Lipinski definition) is 3. The monoisotopic (exact) mass is 263 g/mol. The van der Waals surface area contributed by atoms with E-state index in [0.29, 0.717) is 13.0 Å². The minimum Gasteiger partial charge on any atom is -0.496 e. The molecule has 0 heterocycles. The maximum atomic E-state index is 11.6. The number of aliphatic hydroxyl groups is 1. The SMILES string of the molecule is COc1ccccc1C=CC(=O)NCC(C)CCO. The van der Waals surface area contributed by atoms with Crippen LogP contribution in [-0.2, 0) is 4.79 Å². The Kier molecular flexibility index (Phi) is 6.68. The minimum absolute atomic E-state index is 0.143. The van der Waals surface area contributed by atoms with Gasteiger partial charge in [-0.2, -0.15) is 0 Å². The van der Waals surface area contributed by atoms with E-state index in [1.165, 1.54) is 6.08 Å². The van der Waals surface area contributed by atoms with E-state index >= 15 is 0 Å². The van der Waals surface area contributed by atoms with E-state index < -0.39 is 0 Å². The van der Waals surface area contributed by atoms with Crippen molar-refractivity contribution in [3.63, 3.8) is 0 Å². The fourth-order valence-electron chi connectivity index (χ4n) is 1.63. The molecule has 19 heavy (non-hydrogen) atoms. The van der Waals surface area contributed by atoms with Crippen LogP contribution in [0.3, 0.4) is 0 Å². The van der Waals surface area contributed by atoms with Gasteiger partial charge in [0.05, 0.1) is 7.11 Å². The number of carbonyl (C=O) groups excluding carboxylic acids is 1. The lowest BCUT2D eigenvalue weighted by atomic mass is 10.1. The molecule has 0 bridgehead atoms. The lowest BCUT2D eigenvalue weighted by molar-refractivity contribution is -0.116. The van der Waals surface area contributed by atoms with Gasteiger partial charge in [-0.1, -0.05) is 25.1 Å². The van der Waals surface area contributed by atoms with Crippen molar-refractivity contribution in [3.8, 4) is 5.75 Å². The number of ether oxygens (including phenoxy) is 1. The molecule has 0 aliphatic heterocycles. The molecule has 1 aromatic carbocycles. The van der Waals surface area contributed by atoms with Crippen LogP contribution in [0.2, 0.25) is 0 Å². The Morgan fingerprint density at radius 2 is 2.21 bits per heavy atom. The van der Waals surface area contributed by atoms with Crippen LogP contribution in [0.1, 0.15) is 18.9 Å². The molecule has 0 aliphatic rings. The van der Waals surface area contributed by atoms with Gasteiger partial charge >= 0.3 is 0 Å². The normalized spacial score (nSPS) is 12.4. The van der Waals surface area contributed by atoms with Gasteiger partial charge in [-0.15, -0.1) is 0 Å². The molecule has 1 rings (SSSR count). The summed E-state index contributed by atoms with van der Waals surface area (Å²) in [4.78, 5) is 11.6. The average molecular weight is 263 g/mol. The Hall–Kier alpha value is -1.81. The summed E-state index contributed by atoms with van der Waals surface area (Å²) < 4.78 is 5.20. The average Bonchev–Trinajstić information content (AvgIpc) is 2.43. The molecule has 4 nitrogen and oxygen atoms in total. The molecule has 0 aromatic heterocycles. The van der Waals surface area contributed by atoms with Gasteiger partial charge in [0.1, 0.15) is 5.75 Å². The Balaban J connectivity index is 2.49. The van der Waals surface area contributed by atoms with Crippen molar-refractivity contribution in [1.29, 1.82) is 0 Å². The van der Waals surface area contributed by atoms with Crippen LogP contribution in [0.15, 0.2) is 30.3 Å². The molecule has 104 valence electrons. The van der Waals surface area contributed by atoms with Crippen molar-refractivity contribution in [2.24, 2.45) is 5.92 Å². The van der Waals surface area contributed by atoms with Gasteiger partial charge in [-0.3, -0.25) is 4.79 Å². The third-order valence-electron chi connectivity index (χ3n) is 2.80. The van der Waals surface area contributed by atoms with Crippen LogP contribution in [0.25, 0.3) is 6.08 Å².